The largest absolute Gasteiger partial charge is 0.122 e. The van der Waals surface area contributed by atoms with Crippen LogP contribution >= 0.6 is 91.3 Å². The molecular weight excluding hydrogens is 579 g/mol. The maximum atomic E-state index is 6.45. The van der Waals surface area contributed by atoms with E-state index < -0.39 is 0 Å². The summed E-state index contributed by atoms with van der Waals surface area (Å²) in [5, 5.41) is 0.220. The fraction of sp³-hybridized carbons (Fsp3) is 1.00. The summed E-state index contributed by atoms with van der Waals surface area (Å²) in [4.78, 5) is 2.49. The lowest BCUT2D eigenvalue weighted by Gasteiger charge is -2.25. The molecule has 1 saturated carbocycles. The first-order valence-corrected chi connectivity index (χ1v) is 11.3. The van der Waals surface area contributed by atoms with E-state index in [0.29, 0.717) is 24.1 Å². The van der Waals surface area contributed by atoms with Crippen LogP contribution in [0.3, 0.4) is 0 Å². The third-order valence-electron chi connectivity index (χ3n) is 3.33. The molecule has 6 unspecified atom stereocenters. The maximum Gasteiger partial charge on any atom is 0.0461 e. The molecule has 0 aromatic rings. The molecule has 6 atom stereocenters. The molecule has 0 amide bonds. The van der Waals surface area contributed by atoms with Gasteiger partial charge < -0.3 is 0 Å². The summed E-state index contributed by atoms with van der Waals surface area (Å²) in [5.41, 5.74) is 0. The van der Waals surface area contributed by atoms with E-state index in [-0.39, 0.29) is 5.38 Å². The van der Waals surface area contributed by atoms with Crippen LogP contribution in [0.5, 0.6) is 0 Å². The van der Waals surface area contributed by atoms with Crippen molar-refractivity contribution in [2.75, 3.05) is 0 Å². The van der Waals surface area contributed by atoms with E-state index in [1.807, 2.05) is 0 Å². The standard InChI is InChI=1S/C12H18Br5Cl/c13-7-1-2-8(14)10(16)5-6-12(18)11(17)4-3-9(7)15/h7-12H,1-6H2. The van der Waals surface area contributed by atoms with Gasteiger partial charge in [-0.15, -0.1) is 11.6 Å². The molecule has 108 valence electrons. The topological polar surface area (TPSA) is 0 Å². The van der Waals surface area contributed by atoms with Crippen molar-refractivity contribution in [3.63, 3.8) is 0 Å². The monoisotopic (exact) mass is 592 g/mol. The lowest BCUT2D eigenvalue weighted by atomic mass is 10.0. The van der Waals surface area contributed by atoms with Gasteiger partial charge in [0.1, 0.15) is 0 Å². The van der Waals surface area contributed by atoms with E-state index in [1.54, 1.807) is 0 Å². The lowest BCUT2D eigenvalue weighted by Crippen LogP contribution is -2.25. The predicted octanol–water partition coefficient (Wildman–Crippen LogP) is 6.77. The lowest BCUT2D eigenvalue weighted by molar-refractivity contribution is 0.551. The van der Waals surface area contributed by atoms with Crippen LogP contribution in [0.25, 0.3) is 0 Å². The Morgan fingerprint density at radius 3 is 1.17 bits per heavy atom. The van der Waals surface area contributed by atoms with E-state index in [0.717, 1.165) is 25.7 Å². The second kappa shape index (κ2) is 9.66. The second-order valence-electron chi connectivity index (χ2n) is 4.83. The van der Waals surface area contributed by atoms with Crippen molar-refractivity contribution in [3.05, 3.63) is 0 Å². The zero-order chi connectivity index (χ0) is 13.7. The van der Waals surface area contributed by atoms with Crippen molar-refractivity contribution in [2.45, 2.75) is 68.0 Å². The summed E-state index contributed by atoms with van der Waals surface area (Å²) in [6, 6.07) is 0. The number of rotatable bonds is 0. The molecule has 0 aromatic carbocycles. The van der Waals surface area contributed by atoms with Crippen LogP contribution in [0.1, 0.15) is 38.5 Å². The predicted molar refractivity (Wildman–Crippen MR) is 101 cm³/mol. The summed E-state index contributed by atoms with van der Waals surface area (Å²) in [6.07, 6.45) is 6.82. The van der Waals surface area contributed by atoms with Crippen molar-refractivity contribution in [1.29, 1.82) is 0 Å². The Hall–Kier alpha value is 2.69. The van der Waals surface area contributed by atoms with Crippen LogP contribution in [0, 0.1) is 0 Å². The number of alkyl halides is 6. The summed E-state index contributed by atoms with van der Waals surface area (Å²) >= 11 is 25.3. The third-order valence-corrected chi connectivity index (χ3v) is 11.1. The summed E-state index contributed by atoms with van der Waals surface area (Å²) < 4.78 is 0. The Bertz CT molecular complexity index is 178. The molecule has 1 aliphatic carbocycles. The smallest absolute Gasteiger partial charge is 0.0461 e. The molecule has 6 heteroatoms. The Kier molecular flexibility index (Phi) is 10.1. The minimum atomic E-state index is 0.220. The van der Waals surface area contributed by atoms with Gasteiger partial charge in [0.05, 0.1) is 0 Å². The van der Waals surface area contributed by atoms with E-state index >= 15 is 0 Å². The average molecular weight is 597 g/mol. The zero-order valence-electron chi connectivity index (χ0n) is 9.97. The minimum absolute atomic E-state index is 0.220. The number of hydrogen-bond donors (Lipinski definition) is 0. The minimum Gasteiger partial charge on any atom is -0.122 e. The first-order valence-electron chi connectivity index (χ1n) is 6.26. The van der Waals surface area contributed by atoms with Crippen molar-refractivity contribution < 1.29 is 0 Å². The van der Waals surface area contributed by atoms with Crippen LogP contribution < -0.4 is 0 Å². The molecule has 0 bridgehead atoms. The Balaban J connectivity index is 2.61. The number of hydrogen-bond acceptors (Lipinski definition) is 0. The van der Waals surface area contributed by atoms with Gasteiger partial charge in [-0.25, -0.2) is 0 Å². The van der Waals surface area contributed by atoms with Gasteiger partial charge in [-0.2, -0.15) is 0 Å². The normalized spacial score (nSPS) is 45.0. The van der Waals surface area contributed by atoms with Gasteiger partial charge in [0, 0.05) is 29.5 Å². The highest BCUT2D eigenvalue weighted by molar-refractivity contribution is 9.12. The summed E-state index contributed by atoms with van der Waals surface area (Å²) in [6.45, 7) is 0. The molecule has 18 heavy (non-hydrogen) atoms. The number of halogens is 6. The molecule has 0 radical (unpaired) electrons. The molecule has 0 saturated heterocycles. The highest BCUT2D eigenvalue weighted by atomic mass is 79.9. The van der Waals surface area contributed by atoms with Crippen molar-refractivity contribution in [1.82, 2.24) is 0 Å². The van der Waals surface area contributed by atoms with E-state index in [9.17, 15) is 0 Å². The fourth-order valence-electron chi connectivity index (χ4n) is 2.04. The van der Waals surface area contributed by atoms with Crippen LogP contribution in [0.15, 0.2) is 0 Å². The van der Waals surface area contributed by atoms with E-state index in [2.05, 4.69) is 79.6 Å². The molecule has 0 aliphatic heterocycles. The van der Waals surface area contributed by atoms with Crippen molar-refractivity contribution >= 4 is 91.3 Å². The van der Waals surface area contributed by atoms with Crippen molar-refractivity contribution in [2.24, 2.45) is 0 Å². The quantitative estimate of drug-likeness (QED) is 0.271. The third kappa shape index (κ3) is 6.64. The maximum absolute atomic E-state index is 6.45. The molecule has 1 aliphatic rings. The highest BCUT2D eigenvalue weighted by Gasteiger charge is 2.25. The molecule has 1 fully saturated rings. The van der Waals surface area contributed by atoms with Gasteiger partial charge in [-0.05, 0) is 38.5 Å². The Morgan fingerprint density at radius 2 is 0.778 bits per heavy atom. The summed E-state index contributed by atoms with van der Waals surface area (Å²) in [7, 11) is 0. The van der Waals surface area contributed by atoms with Crippen LogP contribution in [0.4, 0.5) is 0 Å². The SMILES string of the molecule is ClC1CCC(Br)C(Br)CCC(Br)C(Br)CCC1Br. The Morgan fingerprint density at radius 1 is 0.500 bits per heavy atom. The molecule has 0 heterocycles. The van der Waals surface area contributed by atoms with Crippen LogP contribution in [0.2, 0.25) is 0 Å². The van der Waals surface area contributed by atoms with Gasteiger partial charge in [-0.1, -0.05) is 79.6 Å². The van der Waals surface area contributed by atoms with Gasteiger partial charge in [0.2, 0.25) is 0 Å². The van der Waals surface area contributed by atoms with E-state index in [1.165, 1.54) is 12.8 Å². The molecule has 1 rings (SSSR count). The highest BCUT2D eigenvalue weighted by Crippen LogP contribution is 2.33. The molecule has 0 N–H and O–H groups in total. The van der Waals surface area contributed by atoms with Gasteiger partial charge >= 0.3 is 0 Å². The average Bonchev–Trinajstić information content (AvgIpc) is 2.36. The Labute approximate surface area is 157 Å². The first-order chi connectivity index (χ1) is 8.41. The summed E-state index contributed by atoms with van der Waals surface area (Å²) in [5.74, 6) is 0. The fourth-order valence-corrected chi connectivity index (χ4v) is 4.94. The molecule has 0 nitrogen and oxygen atoms in total. The van der Waals surface area contributed by atoms with Crippen molar-refractivity contribution in [3.8, 4) is 0 Å². The first kappa shape index (κ1) is 18.7. The van der Waals surface area contributed by atoms with E-state index in [4.69, 9.17) is 11.6 Å². The van der Waals surface area contributed by atoms with Gasteiger partial charge in [0.25, 0.3) is 0 Å². The molecular formula is C12H18Br5Cl. The van der Waals surface area contributed by atoms with Crippen LogP contribution in [-0.2, 0) is 0 Å². The van der Waals surface area contributed by atoms with Crippen LogP contribution in [-0.4, -0.2) is 29.5 Å². The molecule has 0 aromatic heterocycles. The van der Waals surface area contributed by atoms with Gasteiger partial charge in [-0.3, -0.25) is 0 Å². The second-order valence-corrected chi connectivity index (χ2v) is 11.3. The molecule has 0 spiro atoms. The zero-order valence-corrected chi connectivity index (χ0v) is 18.7. The van der Waals surface area contributed by atoms with Gasteiger partial charge in [0.15, 0.2) is 0 Å².